The molecule has 0 aliphatic heterocycles. The molecule has 29 heavy (non-hydrogen) atoms. The zero-order valence-corrected chi connectivity index (χ0v) is 20.3. The van der Waals surface area contributed by atoms with Gasteiger partial charge in [0.2, 0.25) is 0 Å². The number of aryl methyl sites for hydroxylation is 2. The molecule has 0 heterocycles. The average Bonchev–Trinajstić information content (AvgIpc) is 3.04. The molecule has 0 bridgehead atoms. The van der Waals surface area contributed by atoms with E-state index in [0.717, 1.165) is 6.42 Å². The Morgan fingerprint density at radius 1 is 0.621 bits per heavy atom. The van der Waals surface area contributed by atoms with Gasteiger partial charge in [-0.05, 0) is 60.1 Å². The van der Waals surface area contributed by atoms with Crippen molar-refractivity contribution in [2.75, 3.05) is 0 Å². The molecule has 158 valence electrons. The van der Waals surface area contributed by atoms with Crippen LogP contribution in [0, 0.1) is 19.8 Å². The van der Waals surface area contributed by atoms with E-state index in [9.17, 15) is 0 Å². The topological polar surface area (TPSA) is 0 Å². The molecule has 1 aliphatic rings. The summed E-state index contributed by atoms with van der Waals surface area (Å²) in [6.07, 6.45) is 3.48. The molecule has 0 spiro atoms. The third kappa shape index (κ3) is 5.72. The number of hydrogen-bond acceptors (Lipinski definition) is 0. The summed E-state index contributed by atoms with van der Waals surface area (Å²) in [6.45, 7) is 19.3. The first kappa shape index (κ1) is 25.0. The van der Waals surface area contributed by atoms with Crippen molar-refractivity contribution in [2.45, 2.75) is 81.6 Å². The molecule has 0 saturated heterocycles. The van der Waals surface area contributed by atoms with E-state index >= 15 is 0 Å². The van der Waals surface area contributed by atoms with Crippen molar-refractivity contribution in [1.82, 2.24) is 0 Å². The minimum Gasteiger partial charge on any atom is -0.0683 e. The quantitative estimate of drug-likeness (QED) is 0.477. The molecule has 0 nitrogen and oxygen atoms in total. The predicted molar refractivity (Wildman–Crippen MR) is 133 cm³/mol. The highest BCUT2D eigenvalue weighted by molar-refractivity contribution is 5.94. The van der Waals surface area contributed by atoms with Crippen LogP contribution in [0.4, 0.5) is 0 Å². The van der Waals surface area contributed by atoms with E-state index in [1.54, 1.807) is 22.3 Å². The molecule has 0 N–H and O–H groups in total. The fraction of sp³-hybridized carbons (Fsp3) is 0.448. The van der Waals surface area contributed by atoms with Crippen molar-refractivity contribution in [3.05, 3.63) is 81.9 Å². The number of rotatable bonds is 5. The Balaban J connectivity index is 0.000000989. The zero-order valence-electron chi connectivity index (χ0n) is 20.3. The predicted octanol–water partition coefficient (Wildman–Crippen LogP) is 9.42. The van der Waals surface area contributed by atoms with Gasteiger partial charge in [0.1, 0.15) is 0 Å². The van der Waals surface area contributed by atoms with Crippen LogP contribution in [0.1, 0.15) is 90.0 Å². The first-order valence-corrected chi connectivity index (χ1v) is 11.7. The molecule has 0 amide bonds. The molecule has 0 fully saturated rings. The van der Waals surface area contributed by atoms with Crippen LogP contribution in [0.3, 0.4) is 0 Å². The Kier molecular flexibility index (Phi) is 10.7. The van der Waals surface area contributed by atoms with Gasteiger partial charge in [0, 0.05) is 5.92 Å². The third-order valence-corrected chi connectivity index (χ3v) is 5.46. The lowest BCUT2D eigenvalue weighted by Crippen LogP contribution is -1.99. The number of allylic oxidation sites excluding steroid dienone is 4. The summed E-state index contributed by atoms with van der Waals surface area (Å²) in [5.41, 5.74) is 11.7. The maximum Gasteiger partial charge on any atom is 0.00785 e. The van der Waals surface area contributed by atoms with E-state index in [-0.39, 0.29) is 0 Å². The van der Waals surface area contributed by atoms with E-state index in [0.29, 0.717) is 5.92 Å². The van der Waals surface area contributed by atoms with Crippen molar-refractivity contribution in [3.8, 4) is 0 Å². The Hall–Kier alpha value is -2.08. The van der Waals surface area contributed by atoms with Crippen LogP contribution in [0.25, 0.3) is 11.1 Å². The van der Waals surface area contributed by atoms with Gasteiger partial charge in [0.25, 0.3) is 0 Å². The first-order valence-electron chi connectivity index (χ1n) is 11.7. The molecule has 0 radical (unpaired) electrons. The first-order chi connectivity index (χ1) is 14.1. The lowest BCUT2D eigenvalue weighted by molar-refractivity contribution is 0.900. The fourth-order valence-electron chi connectivity index (χ4n) is 4.25. The molecular formula is C29H42. The second-order valence-corrected chi connectivity index (χ2v) is 7.34. The highest BCUT2D eigenvalue weighted by atomic mass is 14.3. The van der Waals surface area contributed by atoms with Gasteiger partial charge in [0.15, 0.2) is 0 Å². The maximum absolute atomic E-state index is 2.39. The van der Waals surface area contributed by atoms with Crippen molar-refractivity contribution in [1.29, 1.82) is 0 Å². The van der Waals surface area contributed by atoms with Crippen molar-refractivity contribution in [3.63, 3.8) is 0 Å². The maximum atomic E-state index is 2.39. The van der Waals surface area contributed by atoms with E-state index in [4.69, 9.17) is 0 Å². The highest BCUT2D eigenvalue weighted by Crippen LogP contribution is 2.49. The summed E-state index contributed by atoms with van der Waals surface area (Å²) >= 11 is 0. The van der Waals surface area contributed by atoms with Gasteiger partial charge in [-0.1, -0.05) is 115 Å². The van der Waals surface area contributed by atoms with Gasteiger partial charge >= 0.3 is 0 Å². The fourth-order valence-corrected chi connectivity index (χ4v) is 4.25. The van der Waals surface area contributed by atoms with Crippen LogP contribution in [-0.4, -0.2) is 0 Å². The molecule has 2 aromatic rings. The lowest BCUT2D eigenvalue weighted by atomic mass is 9.87. The molecule has 2 aromatic carbocycles. The van der Waals surface area contributed by atoms with Crippen LogP contribution >= 0.6 is 0 Å². The Morgan fingerprint density at radius 2 is 1.00 bits per heavy atom. The van der Waals surface area contributed by atoms with Crippen LogP contribution in [0.5, 0.6) is 0 Å². The van der Waals surface area contributed by atoms with Crippen molar-refractivity contribution < 1.29 is 0 Å². The average molecular weight is 391 g/mol. The van der Waals surface area contributed by atoms with Crippen LogP contribution in [0.15, 0.2) is 59.7 Å². The number of hydrogen-bond donors (Lipinski definition) is 0. The molecule has 0 saturated carbocycles. The van der Waals surface area contributed by atoms with Crippen molar-refractivity contribution >= 4 is 11.1 Å². The zero-order chi connectivity index (χ0) is 22.0. The van der Waals surface area contributed by atoms with E-state index in [2.05, 4.69) is 83.1 Å². The summed E-state index contributed by atoms with van der Waals surface area (Å²) in [7, 11) is 0. The highest BCUT2D eigenvalue weighted by Gasteiger charge is 2.30. The molecule has 1 aliphatic carbocycles. The minimum absolute atomic E-state index is 0.460. The van der Waals surface area contributed by atoms with E-state index in [1.165, 1.54) is 35.1 Å². The van der Waals surface area contributed by atoms with Crippen LogP contribution in [0.2, 0.25) is 0 Å². The Bertz CT molecular complexity index is 798. The molecule has 1 unspecified atom stereocenters. The lowest BCUT2D eigenvalue weighted by Gasteiger charge is -2.17. The van der Waals surface area contributed by atoms with Crippen molar-refractivity contribution in [2.24, 2.45) is 5.92 Å². The summed E-state index contributed by atoms with van der Waals surface area (Å²) < 4.78 is 0. The SMILES string of the molecule is CC.CC.CCCC1=C(c2ccc(C)cc2)C(C)C(c2ccc(C)cc2)=C1CC. The summed E-state index contributed by atoms with van der Waals surface area (Å²) in [4.78, 5) is 0. The minimum atomic E-state index is 0.460. The van der Waals surface area contributed by atoms with E-state index in [1.807, 2.05) is 27.7 Å². The number of benzene rings is 2. The van der Waals surface area contributed by atoms with Gasteiger partial charge in [-0.15, -0.1) is 0 Å². The Labute approximate surface area is 180 Å². The van der Waals surface area contributed by atoms with Gasteiger partial charge in [-0.2, -0.15) is 0 Å². The summed E-state index contributed by atoms with van der Waals surface area (Å²) in [6, 6.07) is 18.2. The standard InChI is InChI=1S/C25H30.2C2H6/c1-6-8-23-22(7-2)24(20-13-9-17(3)10-14-20)19(5)25(23)21-15-11-18(4)12-16-21;2*1-2/h9-16,19H,6-8H2,1-5H3;2*1-2H3. The smallest absolute Gasteiger partial charge is 0.00785 e. The van der Waals surface area contributed by atoms with Gasteiger partial charge < -0.3 is 0 Å². The van der Waals surface area contributed by atoms with Gasteiger partial charge in [-0.25, -0.2) is 0 Å². The monoisotopic (exact) mass is 390 g/mol. The van der Waals surface area contributed by atoms with Crippen LogP contribution in [-0.2, 0) is 0 Å². The third-order valence-electron chi connectivity index (χ3n) is 5.46. The summed E-state index contributed by atoms with van der Waals surface area (Å²) in [5, 5.41) is 0. The van der Waals surface area contributed by atoms with Gasteiger partial charge in [0.05, 0.1) is 0 Å². The molecular weight excluding hydrogens is 348 g/mol. The second-order valence-electron chi connectivity index (χ2n) is 7.34. The Morgan fingerprint density at radius 3 is 1.34 bits per heavy atom. The van der Waals surface area contributed by atoms with Gasteiger partial charge in [-0.3, -0.25) is 0 Å². The van der Waals surface area contributed by atoms with Crippen LogP contribution < -0.4 is 0 Å². The largest absolute Gasteiger partial charge is 0.0683 e. The molecule has 0 aromatic heterocycles. The second kappa shape index (κ2) is 12.5. The molecule has 1 atom stereocenters. The van der Waals surface area contributed by atoms with E-state index < -0.39 is 0 Å². The normalized spacial score (nSPS) is 15.6. The summed E-state index contributed by atoms with van der Waals surface area (Å²) in [5.74, 6) is 0.460. The molecule has 0 heteroatoms. The molecule has 3 rings (SSSR count).